The third-order valence-corrected chi connectivity index (χ3v) is 3.63. The molecule has 2 rings (SSSR count). The molecule has 0 fully saturated rings. The van der Waals surface area contributed by atoms with Crippen LogP contribution in [0.4, 0.5) is 0 Å². The van der Waals surface area contributed by atoms with Crippen LogP contribution in [0, 0.1) is 6.92 Å². The fourth-order valence-electron chi connectivity index (χ4n) is 2.39. The number of benzene rings is 1. The van der Waals surface area contributed by atoms with E-state index in [0.717, 1.165) is 11.6 Å². The lowest BCUT2D eigenvalue weighted by Gasteiger charge is -2.14. The van der Waals surface area contributed by atoms with Crippen LogP contribution in [-0.4, -0.2) is 45.9 Å². The number of cyclic esters (lactones) is 1. The molecule has 2 atom stereocenters. The molecule has 0 aliphatic carbocycles. The van der Waals surface area contributed by atoms with Gasteiger partial charge < -0.3 is 20.1 Å². The zero-order chi connectivity index (χ0) is 17.7. The van der Waals surface area contributed by atoms with Crippen LogP contribution in [0.15, 0.2) is 30.4 Å². The number of fused-ring (bicyclic) bond motifs is 1. The van der Waals surface area contributed by atoms with Gasteiger partial charge in [0, 0.05) is 0 Å². The van der Waals surface area contributed by atoms with Crippen LogP contribution in [0.5, 0.6) is 5.75 Å². The molecule has 128 valence electrons. The SMILES string of the molecule is Cc1cc(O)c2c(c1)/C=C/CC(O)C(O)C(=O)/C=C\CCOC2=O. The van der Waals surface area contributed by atoms with Gasteiger partial charge in [0.15, 0.2) is 5.78 Å². The van der Waals surface area contributed by atoms with E-state index in [9.17, 15) is 24.9 Å². The number of hydrogen-bond acceptors (Lipinski definition) is 6. The van der Waals surface area contributed by atoms with Crippen molar-refractivity contribution in [1.82, 2.24) is 0 Å². The molecule has 1 aromatic rings. The Balaban J connectivity index is 2.38. The molecule has 2 unspecified atom stereocenters. The number of phenolic OH excluding ortho intramolecular Hbond substituents is 1. The molecule has 6 nitrogen and oxygen atoms in total. The second kappa shape index (κ2) is 7.90. The molecule has 1 aromatic carbocycles. The minimum atomic E-state index is -1.51. The van der Waals surface area contributed by atoms with Crippen molar-refractivity contribution in [1.29, 1.82) is 0 Å². The van der Waals surface area contributed by atoms with Crippen LogP contribution in [0.1, 0.15) is 34.3 Å². The minimum absolute atomic E-state index is 0.0178. The van der Waals surface area contributed by atoms with Crippen molar-refractivity contribution >= 4 is 17.8 Å². The summed E-state index contributed by atoms with van der Waals surface area (Å²) in [7, 11) is 0. The van der Waals surface area contributed by atoms with Crippen LogP contribution < -0.4 is 0 Å². The van der Waals surface area contributed by atoms with Gasteiger partial charge in [-0.1, -0.05) is 24.3 Å². The number of aliphatic hydroxyl groups excluding tert-OH is 2. The number of carbonyl (C=O) groups is 2. The van der Waals surface area contributed by atoms with Crippen LogP contribution in [0.3, 0.4) is 0 Å². The van der Waals surface area contributed by atoms with Crippen molar-refractivity contribution in [3.8, 4) is 5.75 Å². The van der Waals surface area contributed by atoms with Crippen LogP contribution in [0.2, 0.25) is 0 Å². The Morgan fingerprint density at radius 2 is 1.88 bits per heavy atom. The van der Waals surface area contributed by atoms with Crippen molar-refractivity contribution < 1.29 is 29.6 Å². The summed E-state index contributed by atoms with van der Waals surface area (Å²) >= 11 is 0. The van der Waals surface area contributed by atoms with Crippen LogP contribution in [-0.2, 0) is 9.53 Å². The van der Waals surface area contributed by atoms with Crippen molar-refractivity contribution in [2.24, 2.45) is 0 Å². The molecule has 0 saturated carbocycles. The Morgan fingerprint density at radius 1 is 1.12 bits per heavy atom. The van der Waals surface area contributed by atoms with E-state index in [4.69, 9.17) is 4.74 Å². The van der Waals surface area contributed by atoms with Crippen molar-refractivity contribution in [3.05, 3.63) is 47.1 Å². The van der Waals surface area contributed by atoms with Gasteiger partial charge in [-0.05, 0) is 43.0 Å². The van der Waals surface area contributed by atoms with E-state index in [0.29, 0.717) is 5.56 Å². The molecule has 6 heteroatoms. The quantitative estimate of drug-likeness (QED) is 0.622. The number of carbonyl (C=O) groups excluding carboxylic acids is 2. The second-order valence-electron chi connectivity index (χ2n) is 5.63. The summed E-state index contributed by atoms with van der Waals surface area (Å²) in [6.45, 7) is 1.80. The maximum atomic E-state index is 12.2. The van der Waals surface area contributed by atoms with Gasteiger partial charge in [0.25, 0.3) is 0 Å². The highest BCUT2D eigenvalue weighted by Gasteiger charge is 2.22. The Hall–Kier alpha value is -2.44. The molecule has 0 radical (unpaired) electrons. The summed E-state index contributed by atoms with van der Waals surface area (Å²) in [5, 5.41) is 29.7. The smallest absolute Gasteiger partial charge is 0.342 e. The fraction of sp³-hybridized carbons (Fsp3) is 0.333. The molecule has 1 aliphatic heterocycles. The van der Waals surface area contributed by atoms with Crippen molar-refractivity contribution in [2.75, 3.05) is 6.61 Å². The van der Waals surface area contributed by atoms with Crippen molar-refractivity contribution in [3.63, 3.8) is 0 Å². The van der Waals surface area contributed by atoms with Gasteiger partial charge in [0.2, 0.25) is 0 Å². The van der Waals surface area contributed by atoms with Crippen LogP contribution >= 0.6 is 0 Å². The molecule has 0 amide bonds. The monoisotopic (exact) mass is 332 g/mol. The Morgan fingerprint density at radius 3 is 2.62 bits per heavy atom. The fourth-order valence-corrected chi connectivity index (χ4v) is 2.39. The lowest BCUT2D eigenvalue weighted by atomic mass is 10.0. The van der Waals surface area contributed by atoms with Gasteiger partial charge in [0.1, 0.15) is 17.4 Å². The molecule has 1 heterocycles. The first kappa shape index (κ1) is 17.9. The second-order valence-corrected chi connectivity index (χ2v) is 5.63. The number of aryl methyl sites for hydroxylation is 1. The lowest BCUT2D eigenvalue weighted by molar-refractivity contribution is -0.127. The highest BCUT2D eigenvalue weighted by atomic mass is 16.5. The predicted molar refractivity (Wildman–Crippen MR) is 87.6 cm³/mol. The number of rotatable bonds is 0. The van der Waals surface area contributed by atoms with Gasteiger partial charge in [-0.15, -0.1) is 0 Å². The number of ketones is 1. The van der Waals surface area contributed by atoms with E-state index in [1.165, 1.54) is 18.2 Å². The Kier molecular flexibility index (Phi) is 5.89. The molecule has 24 heavy (non-hydrogen) atoms. The highest BCUT2D eigenvalue weighted by Crippen LogP contribution is 2.26. The van der Waals surface area contributed by atoms with Gasteiger partial charge in [0.05, 0.1) is 12.7 Å². The van der Waals surface area contributed by atoms with Gasteiger partial charge in [-0.3, -0.25) is 4.79 Å². The summed E-state index contributed by atoms with van der Waals surface area (Å²) in [6, 6.07) is 3.17. The summed E-state index contributed by atoms with van der Waals surface area (Å²) in [5.74, 6) is -1.45. The van der Waals surface area contributed by atoms with Gasteiger partial charge in [-0.25, -0.2) is 4.79 Å². The van der Waals surface area contributed by atoms with E-state index >= 15 is 0 Å². The third-order valence-electron chi connectivity index (χ3n) is 3.63. The molecule has 0 aromatic heterocycles. The summed E-state index contributed by atoms with van der Waals surface area (Å²) in [5.41, 5.74) is 1.24. The number of esters is 1. The maximum Gasteiger partial charge on any atom is 0.342 e. The van der Waals surface area contributed by atoms with E-state index < -0.39 is 24.0 Å². The Labute approximate surface area is 139 Å². The molecular weight excluding hydrogens is 312 g/mol. The van der Waals surface area contributed by atoms with Gasteiger partial charge >= 0.3 is 5.97 Å². The van der Waals surface area contributed by atoms with Crippen molar-refractivity contribution in [2.45, 2.75) is 32.0 Å². The largest absolute Gasteiger partial charge is 0.507 e. The number of aliphatic hydroxyl groups is 2. The molecule has 0 spiro atoms. The highest BCUT2D eigenvalue weighted by molar-refractivity contribution is 5.97. The standard InChI is InChI=1S/C18H20O6/c1-11-9-12-5-4-7-14(20)17(22)13(19)6-2-3-8-24-18(23)16(12)15(21)10-11/h2,4-6,9-10,14,17,20-22H,3,7-8H2,1H3/b5-4+,6-2-. The first-order chi connectivity index (χ1) is 11.4. The summed E-state index contributed by atoms with van der Waals surface area (Å²) in [4.78, 5) is 23.9. The summed E-state index contributed by atoms with van der Waals surface area (Å²) in [6.07, 6.45) is 3.22. The normalized spacial score (nSPS) is 25.3. The Bertz CT molecular complexity index is 689. The zero-order valence-corrected chi connectivity index (χ0v) is 13.3. The van der Waals surface area contributed by atoms with E-state index in [1.807, 2.05) is 0 Å². The molecule has 3 N–H and O–H groups in total. The van der Waals surface area contributed by atoms with E-state index in [1.54, 1.807) is 19.1 Å². The van der Waals surface area contributed by atoms with Gasteiger partial charge in [-0.2, -0.15) is 0 Å². The predicted octanol–water partition coefficient (Wildman–Crippen LogP) is 1.51. The molecule has 0 bridgehead atoms. The maximum absolute atomic E-state index is 12.2. The topological polar surface area (TPSA) is 104 Å². The summed E-state index contributed by atoms with van der Waals surface area (Å²) < 4.78 is 5.11. The first-order valence-corrected chi connectivity index (χ1v) is 7.64. The van der Waals surface area contributed by atoms with E-state index in [-0.39, 0.29) is 30.8 Å². The zero-order valence-electron chi connectivity index (χ0n) is 13.3. The average molecular weight is 332 g/mol. The third kappa shape index (κ3) is 4.31. The number of ether oxygens (including phenoxy) is 1. The lowest BCUT2D eigenvalue weighted by Crippen LogP contribution is -2.32. The number of phenols is 1. The number of aromatic hydroxyl groups is 1. The molecule has 0 saturated heterocycles. The van der Waals surface area contributed by atoms with Crippen LogP contribution in [0.25, 0.3) is 6.08 Å². The first-order valence-electron chi connectivity index (χ1n) is 7.64. The molecular formula is C18H20O6. The van der Waals surface area contributed by atoms with E-state index in [2.05, 4.69) is 0 Å². The molecule has 1 aliphatic rings. The minimum Gasteiger partial charge on any atom is -0.507 e. The average Bonchev–Trinajstić information content (AvgIpc) is 2.51. The number of hydrogen-bond donors (Lipinski definition) is 3.